The summed E-state index contributed by atoms with van der Waals surface area (Å²) in [6.45, 7) is 7.77. The van der Waals surface area contributed by atoms with Crippen molar-refractivity contribution < 1.29 is 4.74 Å². The van der Waals surface area contributed by atoms with Crippen LogP contribution in [0.1, 0.15) is 74.6 Å². The molecule has 21 heavy (non-hydrogen) atoms. The molecule has 2 nitrogen and oxygen atoms in total. The number of ether oxygens (including phenoxy) is 1. The maximum Gasteiger partial charge on any atom is 0.125 e. The summed E-state index contributed by atoms with van der Waals surface area (Å²) >= 11 is 0. The molecule has 1 saturated carbocycles. The summed E-state index contributed by atoms with van der Waals surface area (Å²) in [6.07, 6.45) is 8.75. The number of nitrogens with one attached hydrogen (secondary N) is 1. The van der Waals surface area contributed by atoms with E-state index in [1.165, 1.54) is 55.2 Å². The van der Waals surface area contributed by atoms with Crippen molar-refractivity contribution in [3.63, 3.8) is 0 Å². The van der Waals surface area contributed by atoms with Gasteiger partial charge in [0.15, 0.2) is 0 Å². The lowest BCUT2D eigenvalue weighted by Crippen LogP contribution is -2.42. The van der Waals surface area contributed by atoms with Crippen LogP contribution in [0.4, 0.5) is 0 Å². The molecule has 1 aliphatic heterocycles. The van der Waals surface area contributed by atoms with E-state index in [0.717, 1.165) is 18.7 Å². The van der Waals surface area contributed by atoms with Gasteiger partial charge in [0.2, 0.25) is 0 Å². The molecule has 0 saturated heterocycles. The summed E-state index contributed by atoms with van der Waals surface area (Å²) < 4.78 is 6.51. The van der Waals surface area contributed by atoms with Crippen LogP contribution in [-0.2, 0) is 0 Å². The van der Waals surface area contributed by atoms with Crippen LogP contribution in [0.5, 0.6) is 5.75 Å². The number of benzene rings is 1. The third-order valence-corrected chi connectivity index (χ3v) is 5.34. The van der Waals surface area contributed by atoms with Gasteiger partial charge in [-0.05, 0) is 69.7 Å². The lowest BCUT2D eigenvalue weighted by atomic mass is 9.84. The van der Waals surface area contributed by atoms with Crippen LogP contribution in [-0.4, -0.2) is 12.1 Å². The van der Waals surface area contributed by atoms with Gasteiger partial charge in [0.25, 0.3) is 0 Å². The maximum atomic E-state index is 6.51. The van der Waals surface area contributed by atoms with Crippen molar-refractivity contribution in [2.24, 2.45) is 0 Å². The molecule has 0 bridgehead atoms. The van der Waals surface area contributed by atoms with E-state index < -0.39 is 0 Å². The molecule has 1 spiro atoms. The molecule has 1 unspecified atom stereocenters. The fraction of sp³-hybridized carbons (Fsp3) is 0.684. The fourth-order valence-corrected chi connectivity index (χ4v) is 3.89. The van der Waals surface area contributed by atoms with Crippen LogP contribution in [0.25, 0.3) is 0 Å². The molecular weight excluding hydrogens is 258 g/mol. The van der Waals surface area contributed by atoms with Crippen LogP contribution in [0, 0.1) is 13.8 Å². The van der Waals surface area contributed by atoms with Crippen molar-refractivity contribution in [3.05, 3.63) is 28.8 Å². The molecule has 0 aromatic heterocycles. The zero-order valence-corrected chi connectivity index (χ0v) is 13.8. The van der Waals surface area contributed by atoms with E-state index in [9.17, 15) is 0 Å². The van der Waals surface area contributed by atoms with Gasteiger partial charge in [-0.2, -0.15) is 0 Å². The largest absolute Gasteiger partial charge is 0.487 e. The summed E-state index contributed by atoms with van der Waals surface area (Å²) in [7, 11) is 0. The van der Waals surface area contributed by atoms with Crippen LogP contribution in [0.15, 0.2) is 12.1 Å². The van der Waals surface area contributed by atoms with Gasteiger partial charge in [-0.3, -0.25) is 0 Å². The predicted octanol–water partition coefficient (Wildman–Crippen LogP) is 4.83. The molecule has 1 N–H and O–H groups in total. The minimum atomic E-state index is 0.110. The van der Waals surface area contributed by atoms with Gasteiger partial charge < -0.3 is 10.1 Å². The van der Waals surface area contributed by atoms with Gasteiger partial charge in [-0.15, -0.1) is 0 Å². The van der Waals surface area contributed by atoms with Crippen LogP contribution < -0.4 is 10.1 Å². The molecule has 1 atom stereocenters. The lowest BCUT2D eigenvalue weighted by Gasteiger charge is -2.41. The van der Waals surface area contributed by atoms with Crippen molar-refractivity contribution in [1.82, 2.24) is 5.32 Å². The summed E-state index contributed by atoms with van der Waals surface area (Å²) in [4.78, 5) is 0. The molecule has 2 aliphatic rings. The van der Waals surface area contributed by atoms with Gasteiger partial charge in [0.1, 0.15) is 11.4 Å². The monoisotopic (exact) mass is 287 g/mol. The van der Waals surface area contributed by atoms with Crippen LogP contribution in [0.3, 0.4) is 0 Å². The smallest absolute Gasteiger partial charge is 0.125 e. The van der Waals surface area contributed by atoms with Gasteiger partial charge in [-0.25, -0.2) is 0 Å². The third-order valence-electron chi connectivity index (χ3n) is 5.34. The van der Waals surface area contributed by atoms with Crippen LogP contribution >= 0.6 is 0 Å². The standard InChI is InChI=1S/C19H29NO/c1-4-5-10-20-17-13-19(8-6-7-9-19)21-18-12-15(3)14(2)11-16(17)18/h11-12,17,20H,4-10,13H2,1-3H3. The van der Waals surface area contributed by atoms with E-state index in [1.807, 2.05) is 0 Å². The Morgan fingerprint density at radius 1 is 1.19 bits per heavy atom. The Morgan fingerprint density at radius 2 is 1.90 bits per heavy atom. The average Bonchev–Trinajstić information content (AvgIpc) is 2.89. The second-order valence-corrected chi connectivity index (χ2v) is 7.03. The average molecular weight is 287 g/mol. The molecule has 1 fully saturated rings. The Kier molecular flexibility index (Phi) is 4.26. The predicted molar refractivity (Wildman–Crippen MR) is 88.0 cm³/mol. The number of hydrogen-bond donors (Lipinski definition) is 1. The Balaban J connectivity index is 1.89. The molecule has 116 valence electrons. The maximum absolute atomic E-state index is 6.51. The molecule has 1 aromatic rings. The molecule has 1 aliphatic carbocycles. The zero-order chi connectivity index (χ0) is 14.9. The molecule has 2 heteroatoms. The quantitative estimate of drug-likeness (QED) is 0.801. The van der Waals surface area contributed by atoms with Crippen molar-refractivity contribution in [1.29, 1.82) is 0 Å². The number of aryl methyl sites for hydroxylation is 2. The van der Waals surface area contributed by atoms with Gasteiger partial charge >= 0.3 is 0 Å². The lowest BCUT2D eigenvalue weighted by molar-refractivity contribution is 0.0366. The first kappa shape index (κ1) is 14.9. The highest BCUT2D eigenvalue weighted by Crippen LogP contribution is 2.47. The van der Waals surface area contributed by atoms with E-state index in [0.29, 0.717) is 6.04 Å². The SMILES string of the molecule is CCCCNC1CC2(CCCC2)Oc2cc(C)c(C)cc21. The number of hydrogen-bond acceptors (Lipinski definition) is 2. The highest BCUT2D eigenvalue weighted by Gasteiger charge is 2.42. The molecule has 0 radical (unpaired) electrons. The first-order valence-electron chi connectivity index (χ1n) is 8.67. The first-order valence-corrected chi connectivity index (χ1v) is 8.67. The van der Waals surface area contributed by atoms with Crippen LogP contribution in [0.2, 0.25) is 0 Å². The van der Waals surface area contributed by atoms with Crippen molar-refractivity contribution in [3.8, 4) is 5.75 Å². The molecule has 0 amide bonds. The minimum Gasteiger partial charge on any atom is -0.487 e. The van der Waals surface area contributed by atoms with Gasteiger partial charge in [0.05, 0.1) is 0 Å². The highest BCUT2D eigenvalue weighted by molar-refractivity contribution is 5.45. The summed E-state index contributed by atoms with van der Waals surface area (Å²) in [5.41, 5.74) is 4.21. The molecule has 3 rings (SSSR count). The Morgan fingerprint density at radius 3 is 2.62 bits per heavy atom. The second kappa shape index (κ2) is 6.00. The fourth-order valence-electron chi connectivity index (χ4n) is 3.89. The number of fused-ring (bicyclic) bond motifs is 1. The van der Waals surface area contributed by atoms with E-state index in [1.54, 1.807) is 0 Å². The molecule has 1 aromatic carbocycles. The van der Waals surface area contributed by atoms with E-state index >= 15 is 0 Å². The van der Waals surface area contributed by atoms with Crippen molar-refractivity contribution in [2.75, 3.05) is 6.54 Å². The summed E-state index contributed by atoms with van der Waals surface area (Å²) in [5.74, 6) is 1.14. The molecule has 1 heterocycles. The van der Waals surface area contributed by atoms with Crippen molar-refractivity contribution in [2.45, 2.75) is 77.4 Å². The second-order valence-electron chi connectivity index (χ2n) is 7.03. The number of unbranched alkanes of at least 4 members (excludes halogenated alkanes) is 1. The normalized spacial score (nSPS) is 23.1. The molecular formula is C19H29NO. The summed E-state index contributed by atoms with van der Waals surface area (Å²) in [6, 6.07) is 5.08. The third kappa shape index (κ3) is 2.96. The first-order chi connectivity index (χ1) is 10.1. The minimum absolute atomic E-state index is 0.110. The van der Waals surface area contributed by atoms with E-state index in [-0.39, 0.29) is 5.60 Å². The van der Waals surface area contributed by atoms with E-state index in [2.05, 4.69) is 38.2 Å². The Bertz CT molecular complexity index is 503. The Hall–Kier alpha value is -1.02. The Labute approximate surface area is 129 Å². The van der Waals surface area contributed by atoms with E-state index in [4.69, 9.17) is 4.74 Å². The summed E-state index contributed by atoms with van der Waals surface area (Å²) in [5, 5.41) is 3.80. The van der Waals surface area contributed by atoms with Gasteiger partial charge in [0, 0.05) is 18.0 Å². The number of rotatable bonds is 4. The van der Waals surface area contributed by atoms with Gasteiger partial charge in [-0.1, -0.05) is 19.4 Å². The highest BCUT2D eigenvalue weighted by atomic mass is 16.5. The van der Waals surface area contributed by atoms with Crippen molar-refractivity contribution >= 4 is 0 Å². The zero-order valence-electron chi connectivity index (χ0n) is 13.8. The topological polar surface area (TPSA) is 21.3 Å².